The lowest BCUT2D eigenvalue weighted by atomic mass is 10.1. The lowest BCUT2D eigenvalue weighted by Gasteiger charge is -2.14. The highest BCUT2D eigenvalue weighted by Crippen LogP contribution is 2.40. The van der Waals surface area contributed by atoms with Crippen LogP contribution in [0.4, 0.5) is 5.69 Å². The molecule has 8 heteroatoms. The first kappa shape index (κ1) is 16.7. The molecule has 4 rings (SSSR count). The van der Waals surface area contributed by atoms with Crippen molar-refractivity contribution in [3.63, 3.8) is 0 Å². The molecule has 2 aromatic carbocycles. The summed E-state index contributed by atoms with van der Waals surface area (Å²) in [7, 11) is 0. The minimum atomic E-state index is -0.203. The van der Waals surface area contributed by atoms with Gasteiger partial charge in [-0.05, 0) is 42.0 Å². The number of carbonyl (C=O) groups is 1. The molecule has 1 saturated heterocycles. The normalized spacial score (nSPS) is 17.7. The average molecular weight is 410 g/mol. The highest BCUT2D eigenvalue weighted by Gasteiger charge is 2.33. The quantitative estimate of drug-likeness (QED) is 0.507. The number of thioether (sulfide) groups is 1. The third kappa shape index (κ3) is 3.11. The SMILES string of the molecule is O=C1/C(=C\c2cc3c(cc2Cl)OCO3)SC(=S)N1c1ccc(Cl)cc1. The van der Waals surface area contributed by atoms with Crippen molar-refractivity contribution in [2.45, 2.75) is 0 Å². The summed E-state index contributed by atoms with van der Waals surface area (Å²) in [5, 5.41) is 1.07. The number of thiocarbonyl (C=S) groups is 1. The predicted octanol–water partition coefficient (Wildman–Crippen LogP) is 5.13. The molecule has 25 heavy (non-hydrogen) atoms. The highest BCUT2D eigenvalue weighted by molar-refractivity contribution is 8.27. The number of halogens is 2. The first-order chi connectivity index (χ1) is 12.0. The molecule has 1 fully saturated rings. The second-order valence-corrected chi connectivity index (χ2v) is 7.74. The number of rotatable bonds is 2. The van der Waals surface area contributed by atoms with Crippen molar-refractivity contribution >= 4 is 69.2 Å². The van der Waals surface area contributed by atoms with E-state index in [1.54, 1.807) is 42.5 Å². The standard InChI is InChI=1S/C17H9Cl2NO3S2/c18-10-1-3-11(4-2-10)20-16(21)15(25-17(20)24)6-9-5-13-14(7-12(9)19)23-8-22-13/h1-7H,8H2/b15-6+. The Morgan fingerprint density at radius 1 is 1.12 bits per heavy atom. The molecule has 2 aromatic rings. The molecule has 2 heterocycles. The molecule has 126 valence electrons. The van der Waals surface area contributed by atoms with Crippen LogP contribution in [0, 0.1) is 0 Å². The summed E-state index contributed by atoms with van der Waals surface area (Å²) in [6, 6.07) is 10.4. The van der Waals surface area contributed by atoms with Gasteiger partial charge in [-0.1, -0.05) is 47.2 Å². The van der Waals surface area contributed by atoms with Crippen LogP contribution in [-0.2, 0) is 4.79 Å². The van der Waals surface area contributed by atoms with Crippen molar-refractivity contribution in [2.24, 2.45) is 0 Å². The molecule has 0 bridgehead atoms. The van der Waals surface area contributed by atoms with Crippen LogP contribution in [0.5, 0.6) is 11.5 Å². The van der Waals surface area contributed by atoms with E-state index in [0.717, 1.165) is 0 Å². The largest absolute Gasteiger partial charge is 0.454 e. The lowest BCUT2D eigenvalue weighted by Crippen LogP contribution is -2.27. The third-order valence-corrected chi connectivity index (χ3v) is 5.54. The van der Waals surface area contributed by atoms with E-state index in [1.165, 1.54) is 16.7 Å². The fourth-order valence-electron chi connectivity index (χ4n) is 2.47. The van der Waals surface area contributed by atoms with Gasteiger partial charge in [0.05, 0.1) is 15.6 Å². The second kappa shape index (κ2) is 6.53. The van der Waals surface area contributed by atoms with Gasteiger partial charge in [0, 0.05) is 11.1 Å². The van der Waals surface area contributed by atoms with Gasteiger partial charge in [-0.3, -0.25) is 9.69 Å². The third-order valence-electron chi connectivity index (χ3n) is 3.66. The van der Waals surface area contributed by atoms with Crippen molar-refractivity contribution in [1.29, 1.82) is 0 Å². The molecule has 2 aliphatic rings. The number of nitrogens with zero attached hydrogens (tertiary/aromatic N) is 1. The molecule has 0 saturated carbocycles. The summed E-state index contributed by atoms with van der Waals surface area (Å²) in [6.07, 6.45) is 1.71. The van der Waals surface area contributed by atoms with Gasteiger partial charge in [0.15, 0.2) is 15.8 Å². The highest BCUT2D eigenvalue weighted by atomic mass is 35.5. The van der Waals surface area contributed by atoms with Crippen LogP contribution in [0.25, 0.3) is 6.08 Å². The van der Waals surface area contributed by atoms with E-state index in [9.17, 15) is 4.79 Å². The summed E-state index contributed by atoms with van der Waals surface area (Å²) in [5.74, 6) is 0.991. The minimum Gasteiger partial charge on any atom is -0.454 e. The van der Waals surface area contributed by atoms with Gasteiger partial charge in [-0.15, -0.1) is 0 Å². The Balaban J connectivity index is 1.68. The van der Waals surface area contributed by atoms with Gasteiger partial charge in [0.2, 0.25) is 6.79 Å². The van der Waals surface area contributed by atoms with Crippen LogP contribution in [0.2, 0.25) is 10.0 Å². The second-order valence-electron chi connectivity index (χ2n) is 5.22. The zero-order chi connectivity index (χ0) is 17.6. The Morgan fingerprint density at radius 2 is 1.80 bits per heavy atom. The molecule has 2 aliphatic heterocycles. The molecule has 0 aromatic heterocycles. The van der Waals surface area contributed by atoms with Crippen molar-refractivity contribution in [1.82, 2.24) is 0 Å². The average Bonchev–Trinajstić information content (AvgIpc) is 3.13. The van der Waals surface area contributed by atoms with E-state index in [1.807, 2.05) is 0 Å². The number of amides is 1. The van der Waals surface area contributed by atoms with Crippen molar-refractivity contribution in [3.05, 3.63) is 56.9 Å². The Hall–Kier alpha value is -1.73. The minimum absolute atomic E-state index is 0.161. The first-order valence-electron chi connectivity index (χ1n) is 7.15. The van der Waals surface area contributed by atoms with Crippen LogP contribution in [0.15, 0.2) is 41.3 Å². The van der Waals surface area contributed by atoms with Crippen LogP contribution in [0.3, 0.4) is 0 Å². The Kier molecular flexibility index (Phi) is 4.37. The Morgan fingerprint density at radius 3 is 2.52 bits per heavy atom. The van der Waals surface area contributed by atoms with Gasteiger partial charge in [0.25, 0.3) is 5.91 Å². The Labute approximate surface area is 163 Å². The van der Waals surface area contributed by atoms with Gasteiger partial charge < -0.3 is 9.47 Å². The van der Waals surface area contributed by atoms with Gasteiger partial charge in [-0.25, -0.2) is 0 Å². The molecular weight excluding hydrogens is 401 g/mol. The van der Waals surface area contributed by atoms with Crippen LogP contribution in [-0.4, -0.2) is 17.0 Å². The molecule has 0 unspecified atom stereocenters. The summed E-state index contributed by atoms with van der Waals surface area (Å²) >= 11 is 18.8. The smallest absolute Gasteiger partial charge is 0.270 e. The van der Waals surface area contributed by atoms with Crippen molar-refractivity contribution in [2.75, 3.05) is 11.7 Å². The number of hydrogen-bond acceptors (Lipinski definition) is 5. The van der Waals surface area contributed by atoms with E-state index in [-0.39, 0.29) is 12.7 Å². The van der Waals surface area contributed by atoms with E-state index >= 15 is 0 Å². The van der Waals surface area contributed by atoms with E-state index in [0.29, 0.717) is 42.0 Å². The van der Waals surface area contributed by atoms with E-state index in [4.69, 9.17) is 44.9 Å². The summed E-state index contributed by atoms with van der Waals surface area (Å²) in [6.45, 7) is 0.161. The van der Waals surface area contributed by atoms with Gasteiger partial charge >= 0.3 is 0 Å². The predicted molar refractivity (Wildman–Crippen MR) is 105 cm³/mol. The van der Waals surface area contributed by atoms with Crippen LogP contribution >= 0.6 is 47.2 Å². The van der Waals surface area contributed by atoms with Crippen molar-refractivity contribution in [3.8, 4) is 11.5 Å². The number of anilines is 1. The van der Waals surface area contributed by atoms with E-state index < -0.39 is 0 Å². The summed E-state index contributed by atoms with van der Waals surface area (Å²) in [5.41, 5.74) is 1.34. The number of carbonyl (C=O) groups excluding carboxylic acids is 1. The molecule has 0 spiro atoms. The van der Waals surface area contributed by atoms with Crippen LogP contribution in [0.1, 0.15) is 5.56 Å². The summed E-state index contributed by atoms with van der Waals surface area (Å²) < 4.78 is 11.1. The molecule has 0 radical (unpaired) electrons. The Bertz CT molecular complexity index is 928. The monoisotopic (exact) mass is 409 g/mol. The van der Waals surface area contributed by atoms with E-state index in [2.05, 4.69) is 0 Å². The molecule has 1 amide bonds. The fraction of sp³-hybridized carbons (Fsp3) is 0.0588. The number of hydrogen-bond donors (Lipinski definition) is 0. The maximum atomic E-state index is 12.8. The topological polar surface area (TPSA) is 38.8 Å². The molecule has 0 aliphatic carbocycles. The van der Waals surface area contributed by atoms with Gasteiger partial charge in [0.1, 0.15) is 0 Å². The molecule has 0 atom stereocenters. The maximum Gasteiger partial charge on any atom is 0.270 e. The fourth-order valence-corrected chi connectivity index (χ4v) is 4.09. The first-order valence-corrected chi connectivity index (χ1v) is 9.13. The van der Waals surface area contributed by atoms with Gasteiger partial charge in [-0.2, -0.15) is 0 Å². The zero-order valence-electron chi connectivity index (χ0n) is 12.5. The molecule has 0 N–H and O–H groups in total. The van der Waals surface area contributed by atoms with Crippen molar-refractivity contribution < 1.29 is 14.3 Å². The lowest BCUT2D eigenvalue weighted by molar-refractivity contribution is -0.113. The maximum absolute atomic E-state index is 12.8. The number of fused-ring (bicyclic) bond motifs is 1. The summed E-state index contributed by atoms with van der Waals surface area (Å²) in [4.78, 5) is 14.7. The van der Waals surface area contributed by atoms with Crippen LogP contribution < -0.4 is 14.4 Å². The molecule has 4 nitrogen and oxygen atoms in total. The zero-order valence-corrected chi connectivity index (χ0v) is 15.6. The number of benzene rings is 2. The molecular formula is C17H9Cl2NO3S2. The number of ether oxygens (including phenoxy) is 2.